The molecule has 0 aromatic carbocycles. The molecule has 1 amide bonds. The zero-order valence-corrected chi connectivity index (χ0v) is 15.5. The summed E-state index contributed by atoms with van der Waals surface area (Å²) in [5.41, 5.74) is 0.0930. The van der Waals surface area contributed by atoms with E-state index in [2.05, 4.69) is 29.2 Å². The largest absolute Gasteiger partial charge is 0.374 e. The Balaban J connectivity index is 1.88. The van der Waals surface area contributed by atoms with E-state index in [1.54, 1.807) is 0 Å². The number of hydrogen-bond acceptors (Lipinski definition) is 5. The second-order valence-corrected chi connectivity index (χ2v) is 6.99. The van der Waals surface area contributed by atoms with E-state index < -0.39 is 0 Å². The van der Waals surface area contributed by atoms with Crippen molar-refractivity contribution in [3.8, 4) is 0 Å². The van der Waals surface area contributed by atoms with Crippen molar-refractivity contribution in [2.75, 3.05) is 32.8 Å². The minimum atomic E-state index is -0.269. The van der Waals surface area contributed by atoms with Gasteiger partial charge in [-0.1, -0.05) is 27.2 Å². The molecule has 1 aliphatic heterocycles. The van der Waals surface area contributed by atoms with Gasteiger partial charge >= 0.3 is 0 Å². The van der Waals surface area contributed by atoms with Crippen LogP contribution in [0, 0.1) is 5.92 Å². The number of morpholine rings is 1. The first-order valence-corrected chi connectivity index (χ1v) is 9.20. The van der Waals surface area contributed by atoms with Crippen molar-refractivity contribution in [1.82, 2.24) is 20.0 Å². The number of nitrogens with one attached hydrogen (secondary N) is 1. The Hall–Kier alpha value is -1.73. The van der Waals surface area contributed by atoms with Gasteiger partial charge in [0.15, 0.2) is 0 Å². The Morgan fingerprint density at radius 2 is 2.24 bits per heavy atom. The van der Waals surface area contributed by atoms with Crippen LogP contribution in [0.2, 0.25) is 0 Å². The van der Waals surface area contributed by atoms with Gasteiger partial charge in [-0.05, 0) is 18.4 Å². The third kappa shape index (κ3) is 6.25. The maximum atomic E-state index is 12.3. The number of nitrogens with zero attached hydrogens (tertiary/aromatic N) is 3. The van der Waals surface area contributed by atoms with Crippen molar-refractivity contribution in [1.29, 1.82) is 0 Å². The maximum Gasteiger partial charge on any atom is 0.271 e. The van der Waals surface area contributed by atoms with E-state index in [-0.39, 0.29) is 23.3 Å². The molecule has 0 aliphatic carbocycles. The summed E-state index contributed by atoms with van der Waals surface area (Å²) in [7, 11) is 0. The smallest absolute Gasteiger partial charge is 0.271 e. The highest BCUT2D eigenvalue weighted by Gasteiger charge is 2.22. The highest BCUT2D eigenvalue weighted by Crippen LogP contribution is 2.07. The van der Waals surface area contributed by atoms with Gasteiger partial charge in [0, 0.05) is 38.8 Å². The van der Waals surface area contributed by atoms with Crippen LogP contribution in [0.15, 0.2) is 16.9 Å². The first-order chi connectivity index (χ1) is 12.0. The van der Waals surface area contributed by atoms with Crippen molar-refractivity contribution in [2.45, 2.75) is 46.3 Å². The van der Waals surface area contributed by atoms with Gasteiger partial charge in [-0.3, -0.25) is 14.5 Å². The minimum absolute atomic E-state index is 0.0116. The van der Waals surface area contributed by atoms with Crippen LogP contribution in [0.1, 0.15) is 44.1 Å². The Labute approximate surface area is 149 Å². The highest BCUT2D eigenvalue weighted by molar-refractivity contribution is 5.91. The molecule has 1 aromatic rings. The topological polar surface area (TPSA) is 76.5 Å². The summed E-state index contributed by atoms with van der Waals surface area (Å²) < 4.78 is 7.10. The first kappa shape index (κ1) is 19.6. The predicted octanol–water partition coefficient (Wildman–Crippen LogP) is 1.13. The van der Waals surface area contributed by atoms with Crippen LogP contribution in [0.25, 0.3) is 0 Å². The summed E-state index contributed by atoms with van der Waals surface area (Å²) in [5, 5.41) is 7.05. The van der Waals surface area contributed by atoms with Crippen molar-refractivity contribution in [3.63, 3.8) is 0 Å². The van der Waals surface area contributed by atoms with Crippen LogP contribution in [0.5, 0.6) is 0 Å². The fourth-order valence-corrected chi connectivity index (χ4v) is 2.92. The van der Waals surface area contributed by atoms with E-state index >= 15 is 0 Å². The van der Waals surface area contributed by atoms with Gasteiger partial charge < -0.3 is 10.1 Å². The molecule has 1 atom stereocenters. The summed E-state index contributed by atoms with van der Waals surface area (Å²) in [6.45, 7) is 10.9. The second-order valence-electron chi connectivity index (χ2n) is 6.99. The molecule has 0 radical (unpaired) electrons. The van der Waals surface area contributed by atoms with Crippen molar-refractivity contribution >= 4 is 5.91 Å². The third-order valence-electron chi connectivity index (χ3n) is 4.16. The lowest BCUT2D eigenvalue weighted by atomic mass is 10.2. The van der Waals surface area contributed by atoms with Gasteiger partial charge in [0.25, 0.3) is 11.5 Å². The lowest BCUT2D eigenvalue weighted by Crippen LogP contribution is -2.48. The number of aromatic nitrogens is 2. The molecule has 1 aliphatic rings. The number of unbranched alkanes of at least 4 members (excludes halogenated alkanes) is 1. The molecule has 1 aromatic heterocycles. The average Bonchev–Trinajstić information content (AvgIpc) is 2.58. The maximum absolute atomic E-state index is 12.3. The molecule has 7 nitrogen and oxygen atoms in total. The SMILES string of the molecule is CCCCn1nc(C(=O)NCC2CN(CC(C)C)CCO2)ccc1=O. The van der Waals surface area contributed by atoms with Gasteiger partial charge in [0.05, 0.1) is 12.7 Å². The van der Waals surface area contributed by atoms with Gasteiger partial charge in [-0.25, -0.2) is 4.68 Å². The molecular formula is C18H30N4O3. The van der Waals surface area contributed by atoms with E-state index in [0.717, 1.165) is 32.5 Å². The molecule has 25 heavy (non-hydrogen) atoms. The second kappa shape index (κ2) is 9.68. The van der Waals surface area contributed by atoms with Crippen molar-refractivity contribution in [3.05, 3.63) is 28.2 Å². The van der Waals surface area contributed by atoms with E-state index in [0.29, 0.717) is 25.6 Å². The zero-order valence-electron chi connectivity index (χ0n) is 15.5. The van der Waals surface area contributed by atoms with E-state index in [9.17, 15) is 9.59 Å². The van der Waals surface area contributed by atoms with Crippen LogP contribution in [0.3, 0.4) is 0 Å². The lowest BCUT2D eigenvalue weighted by molar-refractivity contribution is -0.0296. The molecule has 0 bridgehead atoms. The van der Waals surface area contributed by atoms with Crippen LogP contribution in [0.4, 0.5) is 0 Å². The quantitative estimate of drug-likeness (QED) is 0.761. The van der Waals surface area contributed by atoms with Gasteiger partial charge in [-0.2, -0.15) is 5.10 Å². The van der Waals surface area contributed by atoms with Gasteiger partial charge in [0.1, 0.15) is 5.69 Å². The van der Waals surface area contributed by atoms with Crippen LogP contribution in [-0.2, 0) is 11.3 Å². The number of hydrogen-bond donors (Lipinski definition) is 1. The number of carbonyl (C=O) groups excluding carboxylic acids is 1. The van der Waals surface area contributed by atoms with Gasteiger partial charge in [-0.15, -0.1) is 0 Å². The molecule has 7 heteroatoms. The fraction of sp³-hybridized carbons (Fsp3) is 0.722. The monoisotopic (exact) mass is 350 g/mol. The zero-order chi connectivity index (χ0) is 18.2. The van der Waals surface area contributed by atoms with Crippen LogP contribution >= 0.6 is 0 Å². The molecule has 140 valence electrons. The summed E-state index contributed by atoms with van der Waals surface area (Å²) in [4.78, 5) is 26.5. The van der Waals surface area contributed by atoms with Crippen LogP contribution in [-0.4, -0.2) is 59.5 Å². The molecule has 2 heterocycles. The number of aryl methyl sites for hydroxylation is 1. The number of carbonyl (C=O) groups is 1. The molecule has 1 N–H and O–H groups in total. The molecular weight excluding hydrogens is 320 g/mol. The predicted molar refractivity (Wildman–Crippen MR) is 96.8 cm³/mol. The molecule has 0 saturated carbocycles. The summed E-state index contributed by atoms with van der Waals surface area (Å²) in [5.74, 6) is 0.344. The van der Waals surface area contributed by atoms with E-state index in [4.69, 9.17) is 4.74 Å². The molecule has 1 unspecified atom stereocenters. The Bertz CT molecular complexity index is 615. The Morgan fingerprint density at radius 3 is 2.96 bits per heavy atom. The average molecular weight is 350 g/mol. The van der Waals surface area contributed by atoms with E-state index in [1.807, 2.05) is 6.92 Å². The summed E-state index contributed by atoms with van der Waals surface area (Å²) >= 11 is 0. The van der Waals surface area contributed by atoms with E-state index in [1.165, 1.54) is 16.8 Å². The van der Waals surface area contributed by atoms with Crippen molar-refractivity contribution in [2.24, 2.45) is 5.92 Å². The summed E-state index contributed by atoms with van der Waals surface area (Å²) in [6.07, 6.45) is 1.82. The third-order valence-corrected chi connectivity index (χ3v) is 4.16. The molecule has 1 fully saturated rings. The lowest BCUT2D eigenvalue weighted by Gasteiger charge is -2.33. The minimum Gasteiger partial charge on any atom is -0.374 e. The summed E-state index contributed by atoms with van der Waals surface area (Å²) in [6, 6.07) is 2.88. The number of amides is 1. The molecule has 0 spiro atoms. The fourth-order valence-electron chi connectivity index (χ4n) is 2.92. The van der Waals surface area contributed by atoms with Crippen molar-refractivity contribution < 1.29 is 9.53 Å². The first-order valence-electron chi connectivity index (χ1n) is 9.20. The molecule has 2 rings (SSSR count). The standard InChI is InChI=1S/C18H30N4O3/c1-4-5-8-22-17(23)7-6-16(20-22)18(24)19-11-15-13-21(9-10-25-15)12-14(2)3/h6-7,14-15H,4-5,8-13H2,1-3H3,(H,19,24). The number of rotatable bonds is 8. The van der Waals surface area contributed by atoms with Gasteiger partial charge in [0.2, 0.25) is 0 Å². The highest BCUT2D eigenvalue weighted by atomic mass is 16.5. The number of ether oxygens (including phenoxy) is 1. The van der Waals surface area contributed by atoms with Crippen LogP contribution < -0.4 is 10.9 Å². The Kier molecular flexibility index (Phi) is 7.58. The molecule has 1 saturated heterocycles. The Morgan fingerprint density at radius 1 is 1.44 bits per heavy atom. The normalized spacial score (nSPS) is 18.5.